The van der Waals surface area contributed by atoms with Crippen LogP contribution in [0.5, 0.6) is 11.5 Å². The molecule has 0 saturated carbocycles. The number of nitrogens with one attached hydrogen (secondary N) is 1. The Kier molecular flexibility index (Phi) is 6.19. The molecule has 0 saturated heterocycles. The van der Waals surface area contributed by atoms with Gasteiger partial charge in [0.25, 0.3) is 0 Å². The molecule has 0 aliphatic rings. The summed E-state index contributed by atoms with van der Waals surface area (Å²) in [5.41, 5.74) is 1.04. The van der Waals surface area contributed by atoms with Gasteiger partial charge in [0.15, 0.2) is 0 Å². The van der Waals surface area contributed by atoms with Crippen LogP contribution >= 0.6 is 0 Å². The van der Waals surface area contributed by atoms with Crippen LogP contribution in [0.15, 0.2) is 48.5 Å². The van der Waals surface area contributed by atoms with Gasteiger partial charge in [-0.25, -0.2) is 4.79 Å². The first-order valence-corrected chi connectivity index (χ1v) is 7.40. The lowest BCUT2D eigenvalue weighted by atomic mass is 10.2. The molecule has 24 heavy (non-hydrogen) atoms. The van der Waals surface area contributed by atoms with Crippen LogP contribution in [0.4, 0.5) is 5.69 Å². The molecule has 0 fully saturated rings. The Morgan fingerprint density at radius 2 is 1.54 bits per heavy atom. The van der Waals surface area contributed by atoms with Gasteiger partial charge in [0, 0.05) is 12.6 Å². The summed E-state index contributed by atoms with van der Waals surface area (Å²) >= 11 is 0. The van der Waals surface area contributed by atoms with E-state index in [2.05, 4.69) is 5.32 Å². The predicted molar refractivity (Wildman–Crippen MR) is 89.5 cm³/mol. The van der Waals surface area contributed by atoms with Crippen molar-refractivity contribution in [3.8, 4) is 11.5 Å². The number of benzene rings is 2. The smallest absolute Gasteiger partial charge is 0.338 e. The van der Waals surface area contributed by atoms with Crippen molar-refractivity contribution in [2.24, 2.45) is 0 Å². The van der Waals surface area contributed by atoms with E-state index < -0.39 is 5.97 Å². The van der Waals surface area contributed by atoms with E-state index in [4.69, 9.17) is 14.2 Å². The minimum Gasteiger partial charge on any atom is -0.497 e. The number of anilines is 1. The number of hydrogen-bond acceptors (Lipinski definition) is 5. The van der Waals surface area contributed by atoms with Gasteiger partial charge < -0.3 is 19.5 Å². The summed E-state index contributed by atoms with van der Waals surface area (Å²) in [4.78, 5) is 22.8. The monoisotopic (exact) mass is 329 g/mol. The van der Waals surface area contributed by atoms with Crippen molar-refractivity contribution in [3.05, 3.63) is 54.1 Å². The third kappa shape index (κ3) is 5.31. The Hall–Kier alpha value is -3.02. The first-order valence-electron chi connectivity index (χ1n) is 7.40. The fraction of sp³-hybridized carbons (Fsp3) is 0.222. The highest BCUT2D eigenvalue weighted by Crippen LogP contribution is 2.17. The summed E-state index contributed by atoms with van der Waals surface area (Å²) in [6, 6.07) is 13.6. The Labute approximate surface area is 140 Å². The number of esters is 1. The van der Waals surface area contributed by atoms with Gasteiger partial charge in [0.1, 0.15) is 24.7 Å². The molecule has 1 amide bonds. The van der Waals surface area contributed by atoms with E-state index in [1.54, 1.807) is 55.6 Å². The third-order valence-corrected chi connectivity index (χ3v) is 3.09. The van der Waals surface area contributed by atoms with E-state index in [0.717, 1.165) is 5.75 Å². The average molecular weight is 329 g/mol. The molecule has 0 bridgehead atoms. The summed E-state index contributed by atoms with van der Waals surface area (Å²) in [7, 11) is 1.60. The minimum absolute atomic E-state index is 0.137. The summed E-state index contributed by atoms with van der Waals surface area (Å²) in [6.45, 7) is 1.81. The second-order valence-electron chi connectivity index (χ2n) is 4.92. The Balaban J connectivity index is 1.75. The predicted octanol–water partition coefficient (Wildman–Crippen LogP) is 2.89. The zero-order chi connectivity index (χ0) is 17.4. The molecule has 2 aromatic carbocycles. The highest BCUT2D eigenvalue weighted by molar-refractivity contribution is 5.92. The number of carbonyl (C=O) groups is 2. The minimum atomic E-state index is -0.442. The van der Waals surface area contributed by atoms with Crippen molar-refractivity contribution in [1.82, 2.24) is 0 Å². The zero-order valence-corrected chi connectivity index (χ0v) is 13.6. The van der Waals surface area contributed by atoms with Gasteiger partial charge in [-0.05, 0) is 48.5 Å². The van der Waals surface area contributed by atoms with Gasteiger partial charge in [0.2, 0.25) is 5.91 Å². The van der Waals surface area contributed by atoms with Crippen LogP contribution < -0.4 is 14.8 Å². The Morgan fingerprint density at radius 3 is 2.12 bits per heavy atom. The van der Waals surface area contributed by atoms with E-state index in [0.29, 0.717) is 17.0 Å². The van der Waals surface area contributed by atoms with Crippen LogP contribution in [-0.2, 0) is 9.53 Å². The molecular weight excluding hydrogens is 310 g/mol. The van der Waals surface area contributed by atoms with E-state index >= 15 is 0 Å². The molecule has 6 heteroatoms. The van der Waals surface area contributed by atoms with Crippen molar-refractivity contribution in [3.63, 3.8) is 0 Å². The van der Waals surface area contributed by atoms with Crippen molar-refractivity contribution in [1.29, 1.82) is 0 Å². The van der Waals surface area contributed by atoms with E-state index in [1.165, 1.54) is 6.92 Å². The number of methoxy groups -OCH3 is 1. The largest absolute Gasteiger partial charge is 0.497 e. The van der Waals surface area contributed by atoms with Gasteiger partial charge in [-0.15, -0.1) is 0 Å². The molecule has 0 aliphatic carbocycles. The maximum absolute atomic E-state index is 11.9. The lowest BCUT2D eigenvalue weighted by Crippen LogP contribution is -2.12. The summed E-state index contributed by atoms with van der Waals surface area (Å²) in [6.07, 6.45) is 0. The number of amides is 1. The molecule has 2 rings (SSSR count). The molecule has 0 atom stereocenters. The second-order valence-corrected chi connectivity index (χ2v) is 4.92. The Bertz CT molecular complexity index is 680. The highest BCUT2D eigenvalue weighted by atomic mass is 16.6. The highest BCUT2D eigenvalue weighted by Gasteiger charge is 2.07. The molecule has 126 valence electrons. The Morgan fingerprint density at radius 1 is 0.917 bits per heavy atom. The molecule has 0 radical (unpaired) electrons. The van der Waals surface area contributed by atoms with Gasteiger partial charge >= 0.3 is 5.97 Å². The standard InChI is InChI=1S/C18H19NO5/c1-13(20)19-15-5-3-14(4-6-15)18(21)24-12-11-23-17-9-7-16(22-2)8-10-17/h3-10H,11-12H2,1-2H3,(H,19,20). The van der Waals surface area contributed by atoms with Gasteiger partial charge in [-0.1, -0.05) is 0 Å². The SMILES string of the molecule is COc1ccc(OCCOC(=O)c2ccc(NC(C)=O)cc2)cc1. The van der Waals surface area contributed by atoms with Gasteiger partial charge in [0.05, 0.1) is 12.7 Å². The van der Waals surface area contributed by atoms with Crippen LogP contribution in [0.25, 0.3) is 0 Å². The molecule has 6 nitrogen and oxygen atoms in total. The number of ether oxygens (including phenoxy) is 3. The second kappa shape index (κ2) is 8.57. The van der Waals surface area contributed by atoms with Crippen LogP contribution in [0.3, 0.4) is 0 Å². The van der Waals surface area contributed by atoms with Crippen LogP contribution in [0.1, 0.15) is 17.3 Å². The van der Waals surface area contributed by atoms with E-state index in [1.807, 2.05) is 0 Å². The first-order chi connectivity index (χ1) is 11.6. The lowest BCUT2D eigenvalue weighted by Gasteiger charge is -2.08. The fourth-order valence-corrected chi connectivity index (χ4v) is 1.94. The molecule has 0 spiro atoms. The molecule has 1 N–H and O–H groups in total. The van der Waals surface area contributed by atoms with E-state index in [9.17, 15) is 9.59 Å². The van der Waals surface area contributed by atoms with Gasteiger partial charge in [-0.3, -0.25) is 4.79 Å². The molecule has 0 aromatic heterocycles. The van der Waals surface area contributed by atoms with Crippen molar-refractivity contribution >= 4 is 17.6 Å². The number of hydrogen-bond donors (Lipinski definition) is 1. The van der Waals surface area contributed by atoms with Crippen LogP contribution in [0.2, 0.25) is 0 Å². The fourth-order valence-electron chi connectivity index (χ4n) is 1.94. The lowest BCUT2D eigenvalue weighted by molar-refractivity contribution is -0.114. The number of carbonyl (C=O) groups excluding carboxylic acids is 2. The summed E-state index contributed by atoms with van der Waals surface area (Å²) in [5.74, 6) is 0.812. The molecule has 0 unspecified atom stereocenters. The average Bonchev–Trinajstić information content (AvgIpc) is 2.59. The molecule has 0 aliphatic heterocycles. The van der Waals surface area contributed by atoms with Crippen molar-refractivity contribution in [2.45, 2.75) is 6.92 Å². The van der Waals surface area contributed by atoms with Crippen LogP contribution in [0, 0.1) is 0 Å². The van der Waals surface area contributed by atoms with Crippen LogP contribution in [-0.4, -0.2) is 32.2 Å². The normalized spacial score (nSPS) is 9.92. The first kappa shape index (κ1) is 17.3. The maximum Gasteiger partial charge on any atom is 0.338 e. The maximum atomic E-state index is 11.9. The van der Waals surface area contributed by atoms with E-state index in [-0.39, 0.29) is 19.1 Å². The topological polar surface area (TPSA) is 73.9 Å². The van der Waals surface area contributed by atoms with Gasteiger partial charge in [-0.2, -0.15) is 0 Å². The third-order valence-electron chi connectivity index (χ3n) is 3.09. The molecule has 0 heterocycles. The number of rotatable bonds is 7. The summed E-state index contributed by atoms with van der Waals surface area (Å²) in [5, 5.41) is 2.63. The molecule has 2 aromatic rings. The van der Waals surface area contributed by atoms with Crippen molar-refractivity contribution in [2.75, 3.05) is 25.6 Å². The quantitative estimate of drug-likeness (QED) is 0.624. The zero-order valence-electron chi connectivity index (χ0n) is 13.6. The van der Waals surface area contributed by atoms with Crippen molar-refractivity contribution < 1.29 is 23.8 Å². The summed E-state index contributed by atoms with van der Waals surface area (Å²) < 4.78 is 15.7. The molecular formula is C18H19NO5.